The van der Waals surface area contributed by atoms with Gasteiger partial charge in [-0.25, -0.2) is 0 Å². The largest absolute Gasteiger partial charge is 0.258 e. The Morgan fingerprint density at radius 3 is 1.56 bits per heavy atom. The summed E-state index contributed by atoms with van der Waals surface area (Å²) in [5.74, 6) is 0. The summed E-state index contributed by atoms with van der Waals surface area (Å²) in [6.07, 6.45) is 13.9. The highest BCUT2D eigenvalue weighted by atomic mass is 15.3. The summed E-state index contributed by atoms with van der Waals surface area (Å²) in [7, 11) is 0. The maximum absolute atomic E-state index is 3.26. The van der Waals surface area contributed by atoms with E-state index < -0.39 is 0 Å². The molecule has 0 aliphatic carbocycles. The molecule has 0 fully saturated rings. The van der Waals surface area contributed by atoms with Gasteiger partial charge in [0.2, 0.25) is 0 Å². The molecule has 0 unspecified atom stereocenters. The summed E-state index contributed by atoms with van der Waals surface area (Å²) >= 11 is 0. The SMILES string of the molecule is CCCCCCCCCCCNNCCC. The minimum absolute atomic E-state index is 1.08. The molecule has 16 heavy (non-hydrogen) atoms. The van der Waals surface area contributed by atoms with E-state index in [9.17, 15) is 0 Å². The number of rotatable bonds is 13. The minimum atomic E-state index is 1.08. The second-order valence-electron chi connectivity index (χ2n) is 4.68. The van der Waals surface area contributed by atoms with Crippen molar-refractivity contribution in [3.05, 3.63) is 0 Å². The number of hydrogen-bond acceptors (Lipinski definition) is 2. The fourth-order valence-electron chi connectivity index (χ4n) is 1.83. The van der Waals surface area contributed by atoms with Gasteiger partial charge in [0.05, 0.1) is 0 Å². The van der Waals surface area contributed by atoms with Gasteiger partial charge < -0.3 is 0 Å². The zero-order chi connectivity index (χ0) is 11.9. The van der Waals surface area contributed by atoms with E-state index >= 15 is 0 Å². The molecule has 0 heterocycles. The molecule has 0 rings (SSSR count). The average molecular weight is 228 g/mol. The first-order valence-electron chi connectivity index (χ1n) is 7.37. The smallest absolute Gasteiger partial charge is 0.00997 e. The molecule has 0 spiro atoms. The van der Waals surface area contributed by atoms with E-state index in [0.29, 0.717) is 0 Å². The quantitative estimate of drug-likeness (QED) is 0.367. The molecule has 2 N–H and O–H groups in total. The number of hydrazine groups is 1. The normalized spacial score (nSPS) is 10.9. The minimum Gasteiger partial charge on any atom is -0.258 e. The van der Waals surface area contributed by atoms with E-state index in [2.05, 4.69) is 24.7 Å². The molecule has 0 atom stereocenters. The Balaban J connectivity index is 2.83. The molecule has 0 saturated heterocycles. The standard InChI is InChI=1S/C14H32N2/c1-3-5-6-7-8-9-10-11-12-14-16-15-13-4-2/h15-16H,3-14H2,1-2H3. The van der Waals surface area contributed by atoms with Crippen LogP contribution in [0.5, 0.6) is 0 Å². The molecule has 0 aromatic rings. The molecule has 0 radical (unpaired) electrons. The van der Waals surface area contributed by atoms with Gasteiger partial charge in [-0.3, -0.25) is 10.9 Å². The predicted molar refractivity (Wildman–Crippen MR) is 73.5 cm³/mol. The Morgan fingerprint density at radius 2 is 1.00 bits per heavy atom. The molecular formula is C14H32N2. The fourth-order valence-corrected chi connectivity index (χ4v) is 1.83. The third kappa shape index (κ3) is 13.9. The summed E-state index contributed by atoms with van der Waals surface area (Å²) in [6, 6.07) is 0. The van der Waals surface area contributed by atoms with Crippen molar-refractivity contribution in [3.63, 3.8) is 0 Å². The highest BCUT2D eigenvalue weighted by Gasteiger charge is 1.91. The maximum Gasteiger partial charge on any atom is 0.00997 e. The summed E-state index contributed by atoms with van der Waals surface area (Å²) < 4.78 is 0. The summed E-state index contributed by atoms with van der Waals surface area (Å²) in [5.41, 5.74) is 6.47. The van der Waals surface area contributed by atoms with Gasteiger partial charge in [0, 0.05) is 13.1 Å². The molecule has 2 heteroatoms. The van der Waals surface area contributed by atoms with E-state index in [1.165, 1.54) is 64.2 Å². The van der Waals surface area contributed by atoms with Crippen LogP contribution in [0.4, 0.5) is 0 Å². The molecule has 0 saturated carbocycles. The van der Waals surface area contributed by atoms with E-state index in [4.69, 9.17) is 0 Å². The lowest BCUT2D eigenvalue weighted by Gasteiger charge is -2.05. The van der Waals surface area contributed by atoms with Gasteiger partial charge in [-0.1, -0.05) is 65.2 Å². The van der Waals surface area contributed by atoms with Crippen LogP contribution in [0, 0.1) is 0 Å². The van der Waals surface area contributed by atoms with Crippen LogP contribution in [0.1, 0.15) is 78.1 Å². The van der Waals surface area contributed by atoms with E-state index in [-0.39, 0.29) is 0 Å². The third-order valence-electron chi connectivity index (χ3n) is 2.91. The Labute approximate surface area is 103 Å². The van der Waals surface area contributed by atoms with Crippen molar-refractivity contribution >= 4 is 0 Å². The predicted octanol–water partition coefficient (Wildman–Crippen LogP) is 4.02. The van der Waals surface area contributed by atoms with Crippen LogP contribution in [0.3, 0.4) is 0 Å². The van der Waals surface area contributed by atoms with Crippen molar-refractivity contribution in [3.8, 4) is 0 Å². The van der Waals surface area contributed by atoms with Gasteiger partial charge in [-0.05, 0) is 12.8 Å². The lowest BCUT2D eigenvalue weighted by Crippen LogP contribution is -2.32. The Kier molecular flexibility index (Phi) is 14.8. The first kappa shape index (κ1) is 15.9. The lowest BCUT2D eigenvalue weighted by molar-refractivity contribution is 0.496. The average Bonchev–Trinajstić information content (AvgIpc) is 2.31. The van der Waals surface area contributed by atoms with Crippen molar-refractivity contribution in [1.82, 2.24) is 10.9 Å². The molecule has 0 bridgehead atoms. The van der Waals surface area contributed by atoms with Crippen molar-refractivity contribution < 1.29 is 0 Å². The number of nitrogens with one attached hydrogen (secondary N) is 2. The molecule has 98 valence electrons. The molecule has 0 aliphatic rings. The van der Waals surface area contributed by atoms with Crippen LogP contribution in [-0.2, 0) is 0 Å². The highest BCUT2D eigenvalue weighted by molar-refractivity contribution is 4.48. The van der Waals surface area contributed by atoms with E-state index in [1.54, 1.807) is 0 Å². The Bertz CT molecular complexity index is 101. The zero-order valence-electron chi connectivity index (χ0n) is 11.5. The van der Waals surface area contributed by atoms with Gasteiger partial charge in [0.15, 0.2) is 0 Å². The highest BCUT2D eigenvalue weighted by Crippen LogP contribution is 2.08. The first-order chi connectivity index (χ1) is 7.91. The Hall–Kier alpha value is -0.0800. The molecule has 0 aromatic heterocycles. The fraction of sp³-hybridized carbons (Fsp3) is 1.00. The lowest BCUT2D eigenvalue weighted by atomic mass is 10.1. The first-order valence-corrected chi connectivity index (χ1v) is 7.37. The van der Waals surface area contributed by atoms with Crippen molar-refractivity contribution in [2.75, 3.05) is 13.1 Å². The van der Waals surface area contributed by atoms with Gasteiger partial charge >= 0.3 is 0 Å². The summed E-state index contributed by atoms with van der Waals surface area (Å²) in [4.78, 5) is 0. The van der Waals surface area contributed by atoms with Crippen LogP contribution in [0.25, 0.3) is 0 Å². The van der Waals surface area contributed by atoms with Crippen LogP contribution >= 0.6 is 0 Å². The van der Waals surface area contributed by atoms with Crippen LogP contribution in [0.15, 0.2) is 0 Å². The molecule has 2 nitrogen and oxygen atoms in total. The van der Waals surface area contributed by atoms with Crippen molar-refractivity contribution in [2.45, 2.75) is 78.1 Å². The van der Waals surface area contributed by atoms with Gasteiger partial charge in [0.25, 0.3) is 0 Å². The summed E-state index contributed by atoms with van der Waals surface area (Å²) in [5, 5.41) is 0. The monoisotopic (exact) mass is 228 g/mol. The van der Waals surface area contributed by atoms with Crippen molar-refractivity contribution in [1.29, 1.82) is 0 Å². The van der Waals surface area contributed by atoms with Crippen LogP contribution in [0.2, 0.25) is 0 Å². The second kappa shape index (κ2) is 14.9. The zero-order valence-corrected chi connectivity index (χ0v) is 11.5. The second-order valence-corrected chi connectivity index (χ2v) is 4.68. The van der Waals surface area contributed by atoms with Gasteiger partial charge in [0.1, 0.15) is 0 Å². The summed E-state index contributed by atoms with van der Waals surface area (Å²) in [6.45, 7) is 6.67. The van der Waals surface area contributed by atoms with Crippen molar-refractivity contribution in [2.24, 2.45) is 0 Å². The van der Waals surface area contributed by atoms with E-state index in [1.807, 2.05) is 0 Å². The number of hydrogen-bond donors (Lipinski definition) is 2. The number of unbranched alkanes of at least 4 members (excludes halogenated alkanes) is 8. The molecule has 0 aliphatic heterocycles. The van der Waals surface area contributed by atoms with Crippen LogP contribution < -0.4 is 10.9 Å². The van der Waals surface area contributed by atoms with Gasteiger partial charge in [-0.15, -0.1) is 0 Å². The molecule has 0 amide bonds. The topological polar surface area (TPSA) is 24.1 Å². The van der Waals surface area contributed by atoms with E-state index in [0.717, 1.165) is 13.1 Å². The molecule has 0 aromatic carbocycles. The van der Waals surface area contributed by atoms with Crippen LogP contribution in [-0.4, -0.2) is 13.1 Å². The van der Waals surface area contributed by atoms with Gasteiger partial charge in [-0.2, -0.15) is 0 Å². The maximum atomic E-state index is 3.26. The Morgan fingerprint density at radius 1 is 0.500 bits per heavy atom. The molecular weight excluding hydrogens is 196 g/mol. The third-order valence-corrected chi connectivity index (χ3v) is 2.91.